The van der Waals surface area contributed by atoms with Crippen LogP contribution in [-0.4, -0.2) is 45.9 Å². The van der Waals surface area contributed by atoms with Crippen LogP contribution in [0.3, 0.4) is 0 Å². The minimum absolute atomic E-state index is 0.0365. The fourth-order valence-electron chi connectivity index (χ4n) is 1.86. The molecule has 8 heteroatoms. The lowest BCUT2D eigenvalue weighted by Gasteiger charge is -2.10. The number of amides is 3. The number of aromatic nitrogens is 3. The van der Waals surface area contributed by atoms with Crippen molar-refractivity contribution in [2.45, 2.75) is 20.4 Å². The van der Waals surface area contributed by atoms with E-state index in [-0.39, 0.29) is 18.5 Å². The summed E-state index contributed by atoms with van der Waals surface area (Å²) in [7, 11) is 3.24. The Morgan fingerprint density at radius 2 is 1.96 bits per heavy atom. The summed E-state index contributed by atoms with van der Waals surface area (Å²) in [6.07, 6.45) is 1.40. The predicted octanol–water partition coefficient (Wildman–Crippen LogP) is 1.63. The molecule has 8 nitrogen and oxygen atoms in total. The number of aryl methyl sites for hydroxylation is 1. The summed E-state index contributed by atoms with van der Waals surface area (Å²) in [6, 6.07) is 5.41. The van der Waals surface area contributed by atoms with Gasteiger partial charge in [-0.3, -0.25) is 10.1 Å². The van der Waals surface area contributed by atoms with Gasteiger partial charge in [0.1, 0.15) is 6.54 Å². The summed E-state index contributed by atoms with van der Waals surface area (Å²) in [5, 5.41) is 13.4. The third kappa shape index (κ3) is 4.29. The second kappa shape index (κ2) is 6.91. The zero-order valence-electron chi connectivity index (χ0n) is 13.6. The number of nitrogens with zero attached hydrogens (tertiary/aromatic N) is 4. The van der Waals surface area contributed by atoms with Crippen LogP contribution >= 0.6 is 0 Å². The van der Waals surface area contributed by atoms with Crippen molar-refractivity contribution in [2.75, 3.05) is 24.7 Å². The quantitative estimate of drug-likeness (QED) is 0.896. The van der Waals surface area contributed by atoms with Gasteiger partial charge < -0.3 is 10.2 Å². The number of rotatable bonds is 4. The summed E-state index contributed by atoms with van der Waals surface area (Å²) in [6.45, 7) is 3.90. The lowest BCUT2D eigenvalue weighted by molar-refractivity contribution is -0.117. The molecule has 3 amide bonds. The van der Waals surface area contributed by atoms with Crippen molar-refractivity contribution in [3.05, 3.63) is 35.5 Å². The van der Waals surface area contributed by atoms with Gasteiger partial charge >= 0.3 is 6.03 Å². The fraction of sp³-hybridized carbons (Fsp3) is 0.333. The molecule has 0 aliphatic carbocycles. The highest BCUT2D eigenvalue weighted by atomic mass is 16.2. The molecule has 0 saturated heterocycles. The molecule has 2 rings (SSSR count). The number of carbonyl (C=O) groups excluding carboxylic acids is 2. The molecule has 2 N–H and O–H groups in total. The summed E-state index contributed by atoms with van der Waals surface area (Å²) in [5.41, 5.74) is 2.89. The van der Waals surface area contributed by atoms with Crippen molar-refractivity contribution in [1.82, 2.24) is 19.9 Å². The molecular formula is C15H20N6O2. The van der Waals surface area contributed by atoms with Gasteiger partial charge in [-0.2, -0.15) is 9.90 Å². The van der Waals surface area contributed by atoms with Crippen molar-refractivity contribution in [3.8, 4) is 0 Å². The van der Waals surface area contributed by atoms with E-state index in [1.54, 1.807) is 14.1 Å². The van der Waals surface area contributed by atoms with Crippen LogP contribution in [0.1, 0.15) is 11.1 Å². The number of anilines is 2. The lowest BCUT2D eigenvalue weighted by Crippen LogP contribution is -2.27. The molecule has 0 aliphatic rings. The van der Waals surface area contributed by atoms with Gasteiger partial charge in [0, 0.05) is 19.8 Å². The van der Waals surface area contributed by atoms with Crippen LogP contribution < -0.4 is 10.6 Å². The Kier molecular flexibility index (Phi) is 4.95. The van der Waals surface area contributed by atoms with E-state index in [1.165, 1.54) is 15.9 Å². The first-order chi connectivity index (χ1) is 10.9. The molecule has 1 aromatic heterocycles. The van der Waals surface area contributed by atoms with Crippen molar-refractivity contribution in [3.63, 3.8) is 0 Å². The maximum absolute atomic E-state index is 12.1. The lowest BCUT2D eigenvalue weighted by atomic mass is 10.1. The third-order valence-electron chi connectivity index (χ3n) is 3.34. The highest BCUT2D eigenvalue weighted by molar-refractivity contribution is 5.91. The molecule has 0 atom stereocenters. The first-order valence-corrected chi connectivity index (χ1v) is 7.11. The van der Waals surface area contributed by atoms with Gasteiger partial charge in [0.25, 0.3) is 0 Å². The van der Waals surface area contributed by atoms with E-state index >= 15 is 0 Å². The summed E-state index contributed by atoms with van der Waals surface area (Å²) >= 11 is 0. The molecule has 0 saturated carbocycles. The molecular weight excluding hydrogens is 296 g/mol. The molecule has 0 radical (unpaired) electrons. The number of hydrogen-bond donors (Lipinski definition) is 2. The highest BCUT2D eigenvalue weighted by Gasteiger charge is 2.11. The van der Waals surface area contributed by atoms with E-state index in [0.717, 1.165) is 16.8 Å². The van der Waals surface area contributed by atoms with Crippen LogP contribution in [0.15, 0.2) is 24.4 Å². The van der Waals surface area contributed by atoms with Gasteiger partial charge in [0.05, 0.1) is 6.20 Å². The standard InChI is InChI=1S/C15H20N6O2/c1-10-6-5-7-12(11(10)2)17-14(22)9-21-16-8-13(19-21)18-15(23)20(3)4/h5-8H,9H2,1-4H3,(H,17,22)(H,18,19,23). The molecule has 122 valence electrons. The average Bonchev–Trinajstić information content (AvgIpc) is 2.90. The maximum atomic E-state index is 12.1. The topological polar surface area (TPSA) is 92.2 Å². The van der Waals surface area contributed by atoms with Gasteiger partial charge in [0.2, 0.25) is 5.91 Å². The Hall–Kier alpha value is -2.90. The zero-order chi connectivity index (χ0) is 17.0. The number of hydrogen-bond acceptors (Lipinski definition) is 4. The van der Waals surface area contributed by atoms with E-state index in [0.29, 0.717) is 5.82 Å². The second-order valence-electron chi connectivity index (χ2n) is 5.38. The number of nitrogens with one attached hydrogen (secondary N) is 2. The number of carbonyl (C=O) groups is 2. The molecule has 23 heavy (non-hydrogen) atoms. The molecule has 1 heterocycles. The smallest absolute Gasteiger partial charge is 0.322 e. The first-order valence-electron chi connectivity index (χ1n) is 7.11. The largest absolute Gasteiger partial charge is 0.331 e. The van der Waals surface area contributed by atoms with E-state index < -0.39 is 0 Å². The second-order valence-corrected chi connectivity index (χ2v) is 5.38. The predicted molar refractivity (Wildman–Crippen MR) is 87.3 cm³/mol. The van der Waals surface area contributed by atoms with Gasteiger partial charge in [-0.25, -0.2) is 4.79 Å². The molecule has 2 aromatic rings. The van der Waals surface area contributed by atoms with Crippen LogP contribution in [-0.2, 0) is 11.3 Å². The maximum Gasteiger partial charge on any atom is 0.322 e. The van der Waals surface area contributed by atoms with E-state index in [2.05, 4.69) is 20.8 Å². The molecule has 0 fully saturated rings. The minimum atomic E-state index is -0.308. The fourth-order valence-corrected chi connectivity index (χ4v) is 1.86. The molecule has 0 bridgehead atoms. The van der Waals surface area contributed by atoms with Gasteiger partial charge in [-0.1, -0.05) is 12.1 Å². The Morgan fingerprint density at radius 3 is 2.65 bits per heavy atom. The number of urea groups is 1. The Balaban J connectivity index is 1.97. The number of benzene rings is 1. The van der Waals surface area contributed by atoms with E-state index in [4.69, 9.17) is 0 Å². The molecule has 0 spiro atoms. The first kappa shape index (κ1) is 16.5. The van der Waals surface area contributed by atoms with Gasteiger partial charge in [-0.15, -0.1) is 5.10 Å². The minimum Gasteiger partial charge on any atom is -0.331 e. The average molecular weight is 316 g/mol. The third-order valence-corrected chi connectivity index (χ3v) is 3.34. The summed E-state index contributed by atoms with van der Waals surface area (Å²) in [5.74, 6) is 0.0584. The van der Waals surface area contributed by atoms with Gasteiger partial charge in [0.15, 0.2) is 5.82 Å². The van der Waals surface area contributed by atoms with Crippen LogP contribution in [0.25, 0.3) is 0 Å². The Labute approximate surface area is 134 Å². The summed E-state index contributed by atoms with van der Waals surface area (Å²) in [4.78, 5) is 26.2. The van der Waals surface area contributed by atoms with Crippen molar-refractivity contribution in [2.24, 2.45) is 0 Å². The van der Waals surface area contributed by atoms with Gasteiger partial charge in [-0.05, 0) is 31.0 Å². The van der Waals surface area contributed by atoms with E-state index in [9.17, 15) is 9.59 Å². The Bertz CT molecular complexity index is 723. The zero-order valence-corrected chi connectivity index (χ0v) is 13.6. The molecule has 0 aliphatic heterocycles. The van der Waals surface area contributed by atoms with Crippen molar-refractivity contribution >= 4 is 23.4 Å². The monoisotopic (exact) mass is 316 g/mol. The normalized spacial score (nSPS) is 10.3. The van der Waals surface area contributed by atoms with Crippen LogP contribution in [0.2, 0.25) is 0 Å². The Morgan fingerprint density at radius 1 is 1.22 bits per heavy atom. The molecule has 0 unspecified atom stereocenters. The van der Waals surface area contributed by atoms with Crippen molar-refractivity contribution < 1.29 is 9.59 Å². The SMILES string of the molecule is Cc1cccc(NC(=O)Cn2ncc(NC(=O)N(C)C)n2)c1C. The van der Waals surface area contributed by atoms with Crippen LogP contribution in [0.4, 0.5) is 16.3 Å². The molecule has 1 aromatic carbocycles. The highest BCUT2D eigenvalue weighted by Crippen LogP contribution is 2.17. The van der Waals surface area contributed by atoms with Crippen LogP contribution in [0.5, 0.6) is 0 Å². The van der Waals surface area contributed by atoms with E-state index in [1.807, 2.05) is 32.0 Å². The summed E-state index contributed by atoms with van der Waals surface area (Å²) < 4.78 is 0. The van der Waals surface area contributed by atoms with Crippen LogP contribution in [0, 0.1) is 13.8 Å². The van der Waals surface area contributed by atoms with Crippen molar-refractivity contribution in [1.29, 1.82) is 0 Å².